The molecular formula is C18H27FN2O2. The Morgan fingerprint density at radius 3 is 2.61 bits per heavy atom. The number of aryl methyl sites for hydroxylation is 1. The fourth-order valence-corrected chi connectivity index (χ4v) is 3.21. The maximum absolute atomic E-state index is 12.9. The quantitative estimate of drug-likeness (QED) is 0.734. The highest BCUT2D eigenvalue weighted by Crippen LogP contribution is 2.26. The van der Waals surface area contributed by atoms with Crippen LogP contribution in [0.3, 0.4) is 0 Å². The van der Waals surface area contributed by atoms with E-state index < -0.39 is 5.97 Å². The van der Waals surface area contributed by atoms with Gasteiger partial charge >= 0.3 is 5.97 Å². The van der Waals surface area contributed by atoms with Crippen LogP contribution < -0.4 is 5.32 Å². The van der Waals surface area contributed by atoms with Crippen LogP contribution in [-0.2, 0) is 11.2 Å². The Morgan fingerprint density at radius 2 is 2.04 bits per heavy atom. The van der Waals surface area contributed by atoms with E-state index in [-0.39, 0.29) is 12.4 Å². The van der Waals surface area contributed by atoms with Gasteiger partial charge < -0.3 is 10.4 Å². The van der Waals surface area contributed by atoms with Crippen molar-refractivity contribution in [3.8, 4) is 0 Å². The monoisotopic (exact) mass is 322 g/mol. The van der Waals surface area contributed by atoms with Crippen LogP contribution in [0, 0.1) is 5.82 Å². The van der Waals surface area contributed by atoms with Crippen molar-refractivity contribution < 1.29 is 14.3 Å². The molecule has 2 N–H and O–H groups in total. The average molecular weight is 322 g/mol. The lowest BCUT2D eigenvalue weighted by molar-refractivity contribution is -0.139. The van der Waals surface area contributed by atoms with Gasteiger partial charge in [-0.2, -0.15) is 0 Å². The van der Waals surface area contributed by atoms with Gasteiger partial charge in [-0.3, -0.25) is 9.69 Å². The molecule has 0 saturated heterocycles. The van der Waals surface area contributed by atoms with Crippen LogP contribution in [0.15, 0.2) is 24.3 Å². The van der Waals surface area contributed by atoms with Crippen LogP contribution in [-0.4, -0.2) is 47.2 Å². The van der Waals surface area contributed by atoms with Crippen molar-refractivity contribution in [1.29, 1.82) is 0 Å². The Balaban J connectivity index is 1.66. The number of carbonyl (C=O) groups is 1. The largest absolute Gasteiger partial charge is 0.480 e. The molecule has 1 aromatic rings. The topological polar surface area (TPSA) is 52.6 Å². The first-order valence-corrected chi connectivity index (χ1v) is 8.44. The SMILES string of the molecule is CCN(CC(=O)O)C1CC(NC(C)CCc2ccc(F)cc2)C1. The fraction of sp³-hybridized carbons (Fsp3) is 0.611. The molecule has 0 heterocycles. The lowest BCUT2D eigenvalue weighted by Crippen LogP contribution is -2.55. The summed E-state index contributed by atoms with van der Waals surface area (Å²) in [6.45, 7) is 5.10. The van der Waals surface area contributed by atoms with Gasteiger partial charge in [0, 0.05) is 18.1 Å². The minimum absolute atomic E-state index is 0.133. The zero-order valence-corrected chi connectivity index (χ0v) is 14.0. The standard InChI is InChI=1S/C18H27FN2O2/c1-3-21(12-18(22)23)17-10-16(11-17)20-13(2)4-5-14-6-8-15(19)9-7-14/h6-9,13,16-17,20H,3-5,10-12H2,1-2H3,(H,22,23). The van der Waals surface area contributed by atoms with Gasteiger partial charge in [0.2, 0.25) is 0 Å². The van der Waals surface area contributed by atoms with Gasteiger partial charge in [-0.15, -0.1) is 0 Å². The second kappa shape index (κ2) is 8.41. The molecule has 5 heteroatoms. The van der Waals surface area contributed by atoms with E-state index in [2.05, 4.69) is 12.2 Å². The van der Waals surface area contributed by atoms with Crippen molar-refractivity contribution in [2.45, 2.75) is 57.7 Å². The molecule has 0 radical (unpaired) electrons. The summed E-state index contributed by atoms with van der Waals surface area (Å²) in [5.41, 5.74) is 1.16. The predicted octanol–water partition coefficient (Wildman–Crippen LogP) is 2.67. The van der Waals surface area contributed by atoms with Gasteiger partial charge in [0.05, 0.1) is 6.54 Å². The third kappa shape index (κ3) is 5.59. The van der Waals surface area contributed by atoms with E-state index in [1.54, 1.807) is 0 Å². The van der Waals surface area contributed by atoms with Gasteiger partial charge in [0.15, 0.2) is 0 Å². The minimum Gasteiger partial charge on any atom is -0.480 e. The minimum atomic E-state index is -0.754. The zero-order chi connectivity index (χ0) is 16.8. The van der Waals surface area contributed by atoms with Crippen LogP contribution in [0.2, 0.25) is 0 Å². The van der Waals surface area contributed by atoms with Gasteiger partial charge in [-0.1, -0.05) is 19.1 Å². The number of aliphatic carboxylic acids is 1. The van der Waals surface area contributed by atoms with Gasteiger partial charge in [0.25, 0.3) is 0 Å². The number of rotatable bonds is 9. The Bertz CT molecular complexity index is 500. The van der Waals surface area contributed by atoms with Gasteiger partial charge in [0.1, 0.15) is 5.82 Å². The summed E-state index contributed by atoms with van der Waals surface area (Å²) in [6, 6.07) is 7.96. The molecule has 0 spiro atoms. The maximum atomic E-state index is 12.9. The molecule has 0 amide bonds. The van der Waals surface area contributed by atoms with Crippen molar-refractivity contribution >= 4 is 5.97 Å². The van der Waals surface area contributed by atoms with Gasteiger partial charge in [-0.05, 0) is 56.8 Å². The van der Waals surface area contributed by atoms with E-state index in [0.29, 0.717) is 18.1 Å². The van der Waals surface area contributed by atoms with E-state index in [4.69, 9.17) is 5.11 Å². The molecule has 0 bridgehead atoms. The summed E-state index contributed by atoms with van der Waals surface area (Å²) >= 11 is 0. The Morgan fingerprint density at radius 1 is 1.39 bits per heavy atom. The molecule has 0 aromatic heterocycles. The van der Waals surface area contributed by atoms with E-state index in [1.807, 2.05) is 24.0 Å². The number of hydrogen-bond donors (Lipinski definition) is 2. The predicted molar refractivity (Wildman–Crippen MR) is 89.0 cm³/mol. The second-order valence-corrected chi connectivity index (χ2v) is 6.51. The first-order chi connectivity index (χ1) is 11.0. The first-order valence-electron chi connectivity index (χ1n) is 8.44. The normalized spacial score (nSPS) is 21.9. The van der Waals surface area contributed by atoms with Crippen molar-refractivity contribution in [2.24, 2.45) is 0 Å². The Hall–Kier alpha value is -1.46. The molecule has 23 heavy (non-hydrogen) atoms. The smallest absolute Gasteiger partial charge is 0.317 e. The summed E-state index contributed by atoms with van der Waals surface area (Å²) in [5.74, 6) is -0.946. The molecule has 0 aliphatic heterocycles. The van der Waals surface area contributed by atoms with E-state index in [1.165, 1.54) is 12.1 Å². The highest BCUT2D eigenvalue weighted by atomic mass is 19.1. The molecule has 1 atom stereocenters. The van der Waals surface area contributed by atoms with Crippen molar-refractivity contribution in [1.82, 2.24) is 10.2 Å². The average Bonchev–Trinajstić information content (AvgIpc) is 2.47. The lowest BCUT2D eigenvalue weighted by atomic mass is 9.84. The van der Waals surface area contributed by atoms with Crippen LogP contribution in [0.4, 0.5) is 4.39 Å². The summed E-state index contributed by atoms with van der Waals surface area (Å²) in [6.07, 6.45) is 3.98. The van der Waals surface area contributed by atoms with Crippen LogP contribution >= 0.6 is 0 Å². The molecule has 1 aromatic carbocycles. The third-order valence-electron chi connectivity index (χ3n) is 4.67. The Labute approximate surface area is 137 Å². The second-order valence-electron chi connectivity index (χ2n) is 6.51. The summed E-state index contributed by atoms with van der Waals surface area (Å²) in [5, 5.41) is 12.5. The third-order valence-corrected chi connectivity index (χ3v) is 4.67. The van der Waals surface area contributed by atoms with E-state index >= 15 is 0 Å². The molecule has 1 saturated carbocycles. The van der Waals surface area contributed by atoms with Crippen molar-refractivity contribution in [3.63, 3.8) is 0 Å². The molecular weight excluding hydrogens is 295 g/mol. The number of nitrogens with zero attached hydrogens (tertiary/aromatic N) is 1. The van der Waals surface area contributed by atoms with Crippen molar-refractivity contribution in [3.05, 3.63) is 35.6 Å². The number of nitrogens with one attached hydrogen (secondary N) is 1. The zero-order valence-electron chi connectivity index (χ0n) is 14.0. The first kappa shape index (κ1) is 17.9. The Kier molecular flexibility index (Phi) is 6.54. The lowest BCUT2D eigenvalue weighted by Gasteiger charge is -2.43. The number of carboxylic acids is 1. The van der Waals surface area contributed by atoms with Crippen LogP contribution in [0.25, 0.3) is 0 Å². The van der Waals surface area contributed by atoms with Gasteiger partial charge in [-0.25, -0.2) is 4.39 Å². The number of benzene rings is 1. The molecule has 128 valence electrons. The molecule has 1 aliphatic rings. The molecule has 1 unspecified atom stereocenters. The summed E-state index contributed by atoms with van der Waals surface area (Å²) in [4.78, 5) is 12.9. The summed E-state index contributed by atoms with van der Waals surface area (Å²) < 4.78 is 12.9. The van der Waals surface area contributed by atoms with Crippen molar-refractivity contribution in [2.75, 3.05) is 13.1 Å². The highest BCUT2D eigenvalue weighted by Gasteiger charge is 2.34. The highest BCUT2D eigenvalue weighted by molar-refractivity contribution is 5.69. The van der Waals surface area contributed by atoms with E-state index in [9.17, 15) is 9.18 Å². The molecule has 1 fully saturated rings. The molecule has 1 aliphatic carbocycles. The summed E-state index contributed by atoms with van der Waals surface area (Å²) in [7, 11) is 0. The number of hydrogen-bond acceptors (Lipinski definition) is 3. The number of likely N-dealkylation sites (N-methyl/N-ethyl adjacent to an activating group) is 1. The molecule has 2 rings (SSSR count). The van der Waals surface area contributed by atoms with Crippen LogP contribution in [0.1, 0.15) is 38.7 Å². The van der Waals surface area contributed by atoms with Crippen LogP contribution in [0.5, 0.6) is 0 Å². The number of halogens is 1. The maximum Gasteiger partial charge on any atom is 0.317 e. The fourth-order valence-electron chi connectivity index (χ4n) is 3.21. The van der Waals surface area contributed by atoms with E-state index in [0.717, 1.165) is 37.8 Å². The molecule has 4 nitrogen and oxygen atoms in total. The number of carboxylic acid groups (broad SMARTS) is 1.